The number of hydrogen-bond acceptors (Lipinski definition) is 2. The number of rotatable bonds is 4. The lowest BCUT2D eigenvalue weighted by Crippen LogP contribution is -2.45. The molecule has 1 heterocycles. The second kappa shape index (κ2) is 5.37. The standard InChI is InChI=1S/C15H22N2S/c1-15(9-6-10-17(2)3)11-16-14(18)12-7-4-5-8-13(12)15/h4-5,7-8H,6,9-11H2,1-3H3,(H,16,18). The topological polar surface area (TPSA) is 15.3 Å². The van der Waals surface area contributed by atoms with E-state index < -0.39 is 0 Å². The van der Waals surface area contributed by atoms with Crippen LogP contribution in [0.5, 0.6) is 0 Å². The second-order valence-corrected chi connectivity index (χ2v) is 6.10. The molecule has 2 rings (SSSR count). The van der Waals surface area contributed by atoms with E-state index in [1.807, 2.05) is 0 Å². The van der Waals surface area contributed by atoms with E-state index in [-0.39, 0.29) is 5.41 Å². The Kier molecular flexibility index (Phi) is 4.03. The van der Waals surface area contributed by atoms with Gasteiger partial charge in [-0.25, -0.2) is 0 Å². The van der Waals surface area contributed by atoms with Gasteiger partial charge in [0.05, 0.1) is 0 Å². The molecule has 0 amide bonds. The van der Waals surface area contributed by atoms with Gasteiger partial charge in [0.25, 0.3) is 0 Å². The highest BCUT2D eigenvalue weighted by Gasteiger charge is 2.33. The SMILES string of the molecule is CN(C)CCCC1(C)CNC(=S)c2ccccc21. The molecular weight excluding hydrogens is 240 g/mol. The molecule has 0 saturated heterocycles. The summed E-state index contributed by atoms with van der Waals surface area (Å²) in [5.41, 5.74) is 2.83. The van der Waals surface area contributed by atoms with E-state index >= 15 is 0 Å². The second-order valence-electron chi connectivity index (χ2n) is 5.70. The van der Waals surface area contributed by atoms with E-state index in [2.05, 4.69) is 55.5 Å². The lowest BCUT2D eigenvalue weighted by atomic mass is 9.74. The van der Waals surface area contributed by atoms with Crippen LogP contribution in [-0.2, 0) is 5.41 Å². The van der Waals surface area contributed by atoms with Gasteiger partial charge < -0.3 is 10.2 Å². The predicted molar refractivity (Wildman–Crippen MR) is 81.3 cm³/mol. The molecule has 0 radical (unpaired) electrons. The summed E-state index contributed by atoms with van der Waals surface area (Å²) >= 11 is 5.40. The normalized spacial score (nSPS) is 22.8. The summed E-state index contributed by atoms with van der Waals surface area (Å²) in [5, 5.41) is 3.38. The van der Waals surface area contributed by atoms with Gasteiger partial charge in [-0.3, -0.25) is 0 Å². The maximum atomic E-state index is 5.40. The van der Waals surface area contributed by atoms with Crippen LogP contribution in [0.15, 0.2) is 24.3 Å². The number of benzene rings is 1. The third-order valence-electron chi connectivity index (χ3n) is 3.79. The van der Waals surface area contributed by atoms with Crippen LogP contribution in [0.2, 0.25) is 0 Å². The molecule has 18 heavy (non-hydrogen) atoms. The van der Waals surface area contributed by atoms with E-state index in [1.165, 1.54) is 24.0 Å². The van der Waals surface area contributed by atoms with Crippen molar-refractivity contribution in [2.75, 3.05) is 27.2 Å². The third kappa shape index (κ3) is 2.73. The molecule has 0 bridgehead atoms. The number of nitrogens with zero attached hydrogens (tertiary/aromatic N) is 1. The molecule has 1 aromatic carbocycles. The first-order valence-electron chi connectivity index (χ1n) is 6.55. The molecular formula is C15H22N2S. The lowest BCUT2D eigenvalue weighted by Gasteiger charge is -2.37. The fourth-order valence-electron chi connectivity index (χ4n) is 2.68. The summed E-state index contributed by atoms with van der Waals surface area (Å²) in [4.78, 5) is 3.14. The van der Waals surface area contributed by atoms with E-state index in [9.17, 15) is 0 Å². The summed E-state index contributed by atoms with van der Waals surface area (Å²) < 4.78 is 0. The van der Waals surface area contributed by atoms with Gasteiger partial charge in [0.2, 0.25) is 0 Å². The van der Waals surface area contributed by atoms with Crippen molar-refractivity contribution in [2.45, 2.75) is 25.2 Å². The minimum Gasteiger partial charge on any atom is -0.375 e. The zero-order valence-corrected chi connectivity index (χ0v) is 12.3. The van der Waals surface area contributed by atoms with Gasteiger partial charge in [0, 0.05) is 17.5 Å². The molecule has 0 aliphatic carbocycles. The highest BCUT2D eigenvalue weighted by atomic mass is 32.1. The van der Waals surface area contributed by atoms with Gasteiger partial charge in [-0.15, -0.1) is 0 Å². The van der Waals surface area contributed by atoms with Gasteiger partial charge in [0.1, 0.15) is 4.99 Å². The Morgan fingerprint density at radius 3 is 2.78 bits per heavy atom. The summed E-state index contributed by atoms with van der Waals surface area (Å²) in [5.74, 6) is 0. The molecule has 98 valence electrons. The van der Waals surface area contributed by atoms with Crippen LogP contribution in [0.1, 0.15) is 30.9 Å². The molecule has 1 atom stereocenters. The Morgan fingerprint density at radius 1 is 1.33 bits per heavy atom. The van der Waals surface area contributed by atoms with Crippen LogP contribution in [-0.4, -0.2) is 37.1 Å². The lowest BCUT2D eigenvalue weighted by molar-refractivity contribution is 0.343. The van der Waals surface area contributed by atoms with Crippen LogP contribution >= 0.6 is 12.2 Å². The van der Waals surface area contributed by atoms with E-state index in [0.717, 1.165) is 18.1 Å². The molecule has 1 aliphatic rings. The van der Waals surface area contributed by atoms with Gasteiger partial charge in [-0.1, -0.05) is 43.4 Å². The largest absolute Gasteiger partial charge is 0.375 e. The predicted octanol–water partition coefficient (Wildman–Crippen LogP) is 2.56. The molecule has 0 saturated carbocycles. The van der Waals surface area contributed by atoms with E-state index in [4.69, 9.17) is 12.2 Å². The number of hydrogen-bond donors (Lipinski definition) is 1. The minimum absolute atomic E-state index is 0.203. The number of fused-ring (bicyclic) bond motifs is 1. The molecule has 1 unspecified atom stereocenters. The highest BCUT2D eigenvalue weighted by Crippen LogP contribution is 2.34. The monoisotopic (exact) mass is 262 g/mol. The maximum Gasteiger partial charge on any atom is 0.106 e. The van der Waals surface area contributed by atoms with Crippen molar-refractivity contribution in [1.29, 1.82) is 0 Å². The molecule has 0 aromatic heterocycles. The van der Waals surface area contributed by atoms with E-state index in [1.54, 1.807) is 0 Å². The summed E-state index contributed by atoms with van der Waals surface area (Å²) in [6.45, 7) is 4.44. The molecule has 0 spiro atoms. The number of thiocarbonyl (C=S) groups is 1. The van der Waals surface area contributed by atoms with Crippen LogP contribution < -0.4 is 5.32 Å². The Balaban J connectivity index is 2.18. The fraction of sp³-hybridized carbons (Fsp3) is 0.533. The quantitative estimate of drug-likeness (QED) is 0.840. The van der Waals surface area contributed by atoms with Gasteiger partial charge in [0.15, 0.2) is 0 Å². The fourth-order valence-corrected chi connectivity index (χ4v) is 2.93. The van der Waals surface area contributed by atoms with Crippen LogP contribution in [0, 0.1) is 0 Å². The van der Waals surface area contributed by atoms with Gasteiger partial charge in [-0.2, -0.15) is 0 Å². The summed E-state index contributed by atoms with van der Waals surface area (Å²) in [6.07, 6.45) is 2.41. The van der Waals surface area contributed by atoms with E-state index in [0.29, 0.717) is 0 Å². The van der Waals surface area contributed by atoms with Crippen molar-refractivity contribution in [3.05, 3.63) is 35.4 Å². The van der Waals surface area contributed by atoms with Crippen molar-refractivity contribution in [3.8, 4) is 0 Å². The van der Waals surface area contributed by atoms with Crippen molar-refractivity contribution in [1.82, 2.24) is 10.2 Å². The van der Waals surface area contributed by atoms with Crippen LogP contribution in [0.4, 0.5) is 0 Å². The smallest absolute Gasteiger partial charge is 0.106 e. The molecule has 2 nitrogen and oxygen atoms in total. The zero-order chi connectivity index (χ0) is 13.2. The minimum atomic E-state index is 0.203. The summed E-state index contributed by atoms with van der Waals surface area (Å²) in [6, 6.07) is 8.56. The molecule has 1 N–H and O–H groups in total. The Bertz CT molecular complexity index is 442. The summed E-state index contributed by atoms with van der Waals surface area (Å²) in [7, 11) is 4.26. The third-order valence-corrected chi connectivity index (χ3v) is 4.16. The first kappa shape index (κ1) is 13.5. The van der Waals surface area contributed by atoms with Crippen molar-refractivity contribution < 1.29 is 0 Å². The molecule has 3 heteroatoms. The average Bonchev–Trinajstić information content (AvgIpc) is 2.34. The Morgan fingerprint density at radius 2 is 2.06 bits per heavy atom. The molecule has 0 fully saturated rings. The van der Waals surface area contributed by atoms with Crippen molar-refractivity contribution >= 4 is 17.2 Å². The Hall–Kier alpha value is -0.930. The van der Waals surface area contributed by atoms with Crippen molar-refractivity contribution in [2.24, 2.45) is 0 Å². The average molecular weight is 262 g/mol. The highest BCUT2D eigenvalue weighted by molar-refractivity contribution is 7.80. The molecule has 1 aromatic rings. The maximum absolute atomic E-state index is 5.40. The Labute approximate surface area is 115 Å². The van der Waals surface area contributed by atoms with Crippen LogP contribution in [0.25, 0.3) is 0 Å². The first-order valence-corrected chi connectivity index (χ1v) is 6.96. The molecule has 1 aliphatic heterocycles. The van der Waals surface area contributed by atoms with Gasteiger partial charge in [-0.05, 0) is 39.0 Å². The van der Waals surface area contributed by atoms with Gasteiger partial charge >= 0.3 is 0 Å². The zero-order valence-electron chi connectivity index (χ0n) is 11.5. The van der Waals surface area contributed by atoms with Crippen LogP contribution in [0.3, 0.4) is 0 Å². The first-order chi connectivity index (χ1) is 8.53. The van der Waals surface area contributed by atoms with Crippen molar-refractivity contribution in [3.63, 3.8) is 0 Å². The number of nitrogens with one attached hydrogen (secondary N) is 1.